The second-order valence-corrected chi connectivity index (χ2v) is 6.28. The summed E-state index contributed by atoms with van der Waals surface area (Å²) in [6.45, 7) is 4.20. The van der Waals surface area contributed by atoms with E-state index >= 15 is 0 Å². The molecular weight excluding hydrogens is 352 g/mol. The number of esters is 1. The standard InChI is InChI=1S/C16H19ClF4O3/c1-5-24-14(22)10(16(19,20)21)8-15(2,3)9-6-7-11(17)12(18)13(9)23-4/h6-7,10H,5,8H2,1-4H3. The third-order valence-electron chi connectivity index (χ3n) is 3.66. The first-order valence-corrected chi connectivity index (χ1v) is 7.59. The Morgan fingerprint density at radius 3 is 2.33 bits per heavy atom. The SMILES string of the molecule is CCOC(=O)C(CC(C)(C)c1ccc(Cl)c(F)c1OC)C(F)(F)F. The van der Waals surface area contributed by atoms with Crippen molar-refractivity contribution in [1.82, 2.24) is 0 Å². The van der Waals surface area contributed by atoms with Crippen LogP contribution in [0, 0.1) is 11.7 Å². The quantitative estimate of drug-likeness (QED) is 0.528. The molecule has 3 nitrogen and oxygen atoms in total. The molecule has 0 aromatic heterocycles. The van der Waals surface area contributed by atoms with E-state index in [9.17, 15) is 22.4 Å². The van der Waals surface area contributed by atoms with Crippen LogP contribution in [-0.4, -0.2) is 25.9 Å². The zero-order valence-electron chi connectivity index (χ0n) is 13.8. The molecule has 0 bridgehead atoms. The van der Waals surface area contributed by atoms with Gasteiger partial charge >= 0.3 is 12.1 Å². The Balaban J connectivity index is 3.28. The molecule has 0 heterocycles. The summed E-state index contributed by atoms with van der Waals surface area (Å²) in [6.07, 6.45) is -5.39. The average molecular weight is 371 g/mol. The maximum atomic E-state index is 14.1. The molecule has 1 aromatic carbocycles. The molecule has 1 atom stereocenters. The van der Waals surface area contributed by atoms with E-state index in [1.54, 1.807) is 0 Å². The normalized spacial score (nSPS) is 13.5. The summed E-state index contributed by atoms with van der Waals surface area (Å²) in [5.41, 5.74) is -1.03. The Bertz CT molecular complexity index is 600. The zero-order chi connectivity index (χ0) is 18.7. The second-order valence-electron chi connectivity index (χ2n) is 5.88. The maximum absolute atomic E-state index is 14.1. The molecule has 0 saturated carbocycles. The highest BCUT2D eigenvalue weighted by Gasteiger charge is 2.49. The van der Waals surface area contributed by atoms with Gasteiger partial charge in [-0.15, -0.1) is 0 Å². The molecule has 0 spiro atoms. The molecule has 0 fully saturated rings. The van der Waals surface area contributed by atoms with Crippen molar-refractivity contribution in [2.75, 3.05) is 13.7 Å². The van der Waals surface area contributed by atoms with E-state index in [0.29, 0.717) is 0 Å². The summed E-state index contributed by atoms with van der Waals surface area (Å²) in [5.74, 6) is -4.77. The van der Waals surface area contributed by atoms with Crippen molar-refractivity contribution in [3.63, 3.8) is 0 Å². The third kappa shape index (κ3) is 4.53. The van der Waals surface area contributed by atoms with Crippen molar-refractivity contribution in [2.24, 2.45) is 5.92 Å². The number of carbonyl (C=O) groups is 1. The Hall–Kier alpha value is -1.50. The van der Waals surface area contributed by atoms with E-state index in [4.69, 9.17) is 16.3 Å². The molecule has 0 radical (unpaired) electrons. The van der Waals surface area contributed by atoms with Crippen LogP contribution in [0.1, 0.15) is 32.8 Å². The van der Waals surface area contributed by atoms with Crippen molar-refractivity contribution in [3.05, 3.63) is 28.5 Å². The monoisotopic (exact) mass is 370 g/mol. The van der Waals surface area contributed by atoms with Crippen LogP contribution < -0.4 is 4.74 Å². The fraction of sp³-hybridized carbons (Fsp3) is 0.562. The number of carbonyl (C=O) groups excluding carboxylic acids is 1. The van der Waals surface area contributed by atoms with Crippen LogP contribution >= 0.6 is 11.6 Å². The average Bonchev–Trinajstić information content (AvgIpc) is 2.46. The van der Waals surface area contributed by atoms with Crippen molar-refractivity contribution >= 4 is 17.6 Å². The number of benzene rings is 1. The minimum atomic E-state index is -4.78. The van der Waals surface area contributed by atoms with Crippen LogP contribution in [0.15, 0.2) is 12.1 Å². The highest BCUT2D eigenvalue weighted by molar-refractivity contribution is 6.30. The van der Waals surface area contributed by atoms with Crippen LogP contribution in [0.2, 0.25) is 5.02 Å². The fourth-order valence-corrected chi connectivity index (χ4v) is 2.61. The van der Waals surface area contributed by atoms with E-state index < -0.39 is 35.7 Å². The molecular formula is C16H19ClF4O3. The minimum absolute atomic E-state index is 0.162. The summed E-state index contributed by atoms with van der Waals surface area (Å²) < 4.78 is 63.3. The highest BCUT2D eigenvalue weighted by Crippen LogP contribution is 2.43. The van der Waals surface area contributed by atoms with Crippen molar-refractivity contribution in [3.8, 4) is 5.75 Å². The lowest BCUT2D eigenvalue weighted by Gasteiger charge is -2.31. The fourth-order valence-electron chi connectivity index (χ4n) is 2.46. The molecule has 0 aliphatic heterocycles. The molecule has 0 aliphatic carbocycles. The lowest BCUT2D eigenvalue weighted by Crippen LogP contribution is -2.37. The van der Waals surface area contributed by atoms with Gasteiger partial charge < -0.3 is 9.47 Å². The summed E-state index contributed by atoms with van der Waals surface area (Å²) in [7, 11) is 1.20. The van der Waals surface area contributed by atoms with E-state index in [0.717, 1.165) is 0 Å². The Labute approximate surface area is 142 Å². The lowest BCUT2D eigenvalue weighted by atomic mass is 9.76. The molecule has 1 unspecified atom stereocenters. The molecule has 1 rings (SSSR count). The maximum Gasteiger partial charge on any atom is 0.402 e. The summed E-state index contributed by atoms with van der Waals surface area (Å²) in [4.78, 5) is 11.7. The van der Waals surface area contributed by atoms with Crippen LogP contribution in [0.3, 0.4) is 0 Å². The van der Waals surface area contributed by atoms with E-state index in [1.807, 2.05) is 0 Å². The number of rotatable bonds is 6. The van der Waals surface area contributed by atoms with Gasteiger partial charge in [0.15, 0.2) is 17.5 Å². The van der Waals surface area contributed by atoms with Gasteiger partial charge in [0.05, 0.1) is 18.7 Å². The molecule has 0 saturated heterocycles. The molecule has 0 N–H and O–H groups in total. The smallest absolute Gasteiger partial charge is 0.402 e. The summed E-state index contributed by atoms with van der Waals surface area (Å²) >= 11 is 5.68. The van der Waals surface area contributed by atoms with E-state index in [-0.39, 0.29) is 22.9 Å². The van der Waals surface area contributed by atoms with Crippen molar-refractivity contribution < 1.29 is 31.8 Å². The van der Waals surface area contributed by atoms with Gasteiger partial charge in [-0.2, -0.15) is 13.2 Å². The Morgan fingerprint density at radius 2 is 1.88 bits per heavy atom. The van der Waals surface area contributed by atoms with Crippen molar-refractivity contribution in [2.45, 2.75) is 38.8 Å². The van der Waals surface area contributed by atoms with Crippen LogP contribution in [0.5, 0.6) is 5.75 Å². The van der Waals surface area contributed by atoms with Gasteiger partial charge in [-0.05, 0) is 24.8 Å². The molecule has 136 valence electrons. The third-order valence-corrected chi connectivity index (χ3v) is 3.96. The van der Waals surface area contributed by atoms with E-state index in [1.165, 1.54) is 40.0 Å². The number of hydrogen-bond donors (Lipinski definition) is 0. The Kier molecular flexibility index (Phi) is 6.50. The molecule has 8 heteroatoms. The number of halogens is 5. The van der Waals surface area contributed by atoms with Gasteiger partial charge in [0.2, 0.25) is 0 Å². The largest absolute Gasteiger partial charge is 0.493 e. The summed E-state index contributed by atoms with van der Waals surface area (Å²) in [5, 5.41) is -0.204. The lowest BCUT2D eigenvalue weighted by molar-refractivity contribution is -0.200. The van der Waals surface area contributed by atoms with Gasteiger partial charge in [0.25, 0.3) is 0 Å². The predicted molar refractivity (Wildman–Crippen MR) is 81.8 cm³/mol. The van der Waals surface area contributed by atoms with Crippen LogP contribution in [0.4, 0.5) is 17.6 Å². The molecule has 1 aromatic rings. The van der Waals surface area contributed by atoms with Gasteiger partial charge in [-0.3, -0.25) is 4.79 Å². The van der Waals surface area contributed by atoms with E-state index in [2.05, 4.69) is 4.74 Å². The first-order chi connectivity index (χ1) is 11.0. The number of alkyl halides is 3. The number of methoxy groups -OCH3 is 1. The van der Waals surface area contributed by atoms with Gasteiger partial charge in [0.1, 0.15) is 0 Å². The molecule has 0 aliphatic rings. The Morgan fingerprint density at radius 1 is 1.29 bits per heavy atom. The summed E-state index contributed by atoms with van der Waals surface area (Å²) in [6, 6.07) is 2.63. The molecule has 24 heavy (non-hydrogen) atoms. The van der Waals surface area contributed by atoms with Gasteiger partial charge in [0, 0.05) is 5.56 Å². The topological polar surface area (TPSA) is 35.5 Å². The van der Waals surface area contributed by atoms with Gasteiger partial charge in [-0.1, -0.05) is 31.5 Å². The number of ether oxygens (including phenoxy) is 2. The van der Waals surface area contributed by atoms with Gasteiger partial charge in [-0.25, -0.2) is 4.39 Å². The first-order valence-electron chi connectivity index (χ1n) is 7.21. The molecule has 0 amide bonds. The predicted octanol–water partition coefficient (Wildman–Crippen LogP) is 4.90. The first kappa shape index (κ1) is 20.5. The number of hydrogen-bond acceptors (Lipinski definition) is 3. The van der Waals surface area contributed by atoms with Crippen LogP contribution in [-0.2, 0) is 14.9 Å². The van der Waals surface area contributed by atoms with Crippen LogP contribution in [0.25, 0.3) is 0 Å². The zero-order valence-corrected chi connectivity index (χ0v) is 14.5. The second kappa shape index (κ2) is 7.59. The van der Waals surface area contributed by atoms with Crippen molar-refractivity contribution in [1.29, 1.82) is 0 Å². The minimum Gasteiger partial charge on any atom is -0.493 e. The highest BCUT2D eigenvalue weighted by atomic mass is 35.5.